The van der Waals surface area contributed by atoms with Crippen molar-refractivity contribution in [1.82, 2.24) is 14.9 Å². The van der Waals surface area contributed by atoms with Gasteiger partial charge < -0.3 is 15.1 Å². The van der Waals surface area contributed by atoms with E-state index in [1.807, 2.05) is 31.1 Å². The number of nitrogens with one attached hydrogen (secondary N) is 2. The monoisotopic (exact) mass is 466 g/mol. The lowest BCUT2D eigenvalue weighted by molar-refractivity contribution is 0.412. The van der Waals surface area contributed by atoms with Crippen LogP contribution in [0, 0.1) is 0 Å². The van der Waals surface area contributed by atoms with E-state index in [1.165, 1.54) is 16.3 Å². The Morgan fingerprint density at radius 2 is 1.76 bits per heavy atom. The van der Waals surface area contributed by atoms with Crippen molar-refractivity contribution < 1.29 is 8.42 Å². The third-order valence-corrected chi connectivity index (χ3v) is 7.80. The van der Waals surface area contributed by atoms with Crippen LogP contribution in [0.3, 0.4) is 0 Å². The molecule has 2 atom stereocenters. The predicted octanol–water partition coefficient (Wildman–Crippen LogP) is 3.61. The van der Waals surface area contributed by atoms with Gasteiger partial charge in [0.15, 0.2) is 0 Å². The van der Waals surface area contributed by atoms with Gasteiger partial charge in [0.2, 0.25) is 10.0 Å². The maximum atomic E-state index is 12.5. The number of benzene rings is 3. The molecule has 0 bridgehead atoms. The normalized spacial score (nSPS) is 17.7. The highest BCUT2D eigenvalue weighted by molar-refractivity contribution is 7.89. The van der Waals surface area contributed by atoms with Crippen LogP contribution in [0.25, 0.3) is 10.8 Å². The first-order valence-electron chi connectivity index (χ1n) is 11.6. The number of likely N-dealkylation sites (N-methyl/N-ethyl adjacent to an activating group) is 1. The van der Waals surface area contributed by atoms with Crippen LogP contribution in [0.4, 0.5) is 5.69 Å². The molecular formula is C26H34N4O2S. The van der Waals surface area contributed by atoms with Gasteiger partial charge in [0.05, 0.1) is 4.90 Å². The molecule has 0 aromatic heterocycles. The summed E-state index contributed by atoms with van der Waals surface area (Å²) in [5, 5.41) is 6.37. The van der Waals surface area contributed by atoms with Crippen LogP contribution in [-0.4, -0.2) is 59.6 Å². The molecular weight excluding hydrogens is 432 g/mol. The molecule has 3 aromatic carbocycles. The topological polar surface area (TPSA) is 64.7 Å². The summed E-state index contributed by atoms with van der Waals surface area (Å²) < 4.78 is 27.6. The summed E-state index contributed by atoms with van der Waals surface area (Å²) >= 11 is 0. The number of rotatable bonds is 9. The van der Waals surface area contributed by atoms with Crippen molar-refractivity contribution in [3.8, 4) is 0 Å². The summed E-state index contributed by atoms with van der Waals surface area (Å²) in [6.45, 7) is 5.14. The second-order valence-corrected chi connectivity index (χ2v) is 10.9. The van der Waals surface area contributed by atoms with E-state index in [9.17, 15) is 8.42 Å². The molecule has 1 aliphatic heterocycles. The molecule has 33 heavy (non-hydrogen) atoms. The van der Waals surface area contributed by atoms with E-state index in [1.54, 1.807) is 12.1 Å². The second kappa shape index (κ2) is 10.2. The van der Waals surface area contributed by atoms with Crippen molar-refractivity contribution in [2.24, 2.45) is 0 Å². The van der Waals surface area contributed by atoms with Crippen LogP contribution in [0.15, 0.2) is 71.6 Å². The molecule has 0 radical (unpaired) electrons. The Bertz CT molecular complexity index is 1170. The third-order valence-electron chi connectivity index (χ3n) is 6.33. The summed E-state index contributed by atoms with van der Waals surface area (Å²) in [6.07, 6.45) is 1.06. The Hall–Kier alpha value is -2.45. The molecule has 0 aliphatic carbocycles. The average molecular weight is 467 g/mol. The highest BCUT2D eigenvalue weighted by atomic mass is 32.2. The minimum atomic E-state index is -3.48. The van der Waals surface area contributed by atoms with Crippen molar-refractivity contribution >= 4 is 26.5 Å². The molecule has 0 amide bonds. The Morgan fingerprint density at radius 3 is 2.52 bits per heavy atom. The number of sulfonamides is 1. The molecule has 7 heteroatoms. The summed E-state index contributed by atoms with van der Waals surface area (Å²) in [6, 6.07) is 22.9. The smallest absolute Gasteiger partial charge is 0.240 e. The van der Waals surface area contributed by atoms with Crippen LogP contribution in [0.2, 0.25) is 0 Å². The summed E-state index contributed by atoms with van der Waals surface area (Å²) in [5.41, 5.74) is 2.38. The van der Waals surface area contributed by atoms with Crippen LogP contribution >= 0.6 is 0 Å². The maximum Gasteiger partial charge on any atom is 0.240 e. The molecule has 3 aromatic rings. The van der Waals surface area contributed by atoms with Gasteiger partial charge in [-0.1, -0.05) is 42.5 Å². The Labute approximate surface area is 197 Å². The number of hydrogen-bond acceptors (Lipinski definition) is 5. The van der Waals surface area contributed by atoms with Gasteiger partial charge in [-0.15, -0.1) is 0 Å². The molecule has 0 spiro atoms. The molecule has 1 heterocycles. The molecule has 176 valence electrons. The van der Waals surface area contributed by atoms with E-state index < -0.39 is 10.0 Å². The van der Waals surface area contributed by atoms with Crippen molar-refractivity contribution in [3.05, 3.63) is 72.3 Å². The average Bonchev–Trinajstić information content (AvgIpc) is 3.27. The predicted molar refractivity (Wildman–Crippen MR) is 136 cm³/mol. The maximum absolute atomic E-state index is 12.5. The van der Waals surface area contributed by atoms with Gasteiger partial charge in [0, 0.05) is 44.0 Å². The lowest BCUT2D eigenvalue weighted by Crippen LogP contribution is -2.34. The van der Waals surface area contributed by atoms with Crippen molar-refractivity contribution in [3.63, 3.8) is 0 Å². The molecule has 0 unspecified atom stereocenters. The van der Waals surface area contributed by atoms with Crippen molar-refractivity contribution in [2.45, 2.75) is 30.3 Å². The van der Waals surface area contributed by atoms with Crippen LogP contribution < -0.4 is 14.9 Å². The van der Waals surface area contributed by atoms with Gasteiger partial charge in [0.1, 0.15) is 0 Å². The first-order valence-corrected chi connectivity index (χ1v) is 13.0. The fourth-order valence-corrected chi connectivity index (χ4v) is 5.55. The van der Waals surface area contributed by atoms with E-state index in [2.05, 4.69) is 64.3 Å². The zero-order valence-corrected chi connectivity index (χ0v) is 20.5. The molecule has 0 saturated carbocycles. The summed E-state index contributed by atoms with van der Waals surface area (Å²) in [5.74, 6) is 0. The summed E-state index contributed by atoms with van der Waals surface area (Å²) in [7, 11) is 0.362. The summed E-state index contributed by atoms with van der Waals surface area (Å²) in [4.78, 5) is 4.58. The minimum Gasteiger partial charge on any atom is -0.370 e. The van der Waals surface area contributed by atoms with Crippen molar-refractivity contribution in [2.75, 3.05) is 45.2 Å². The van der Waals surface area contributed by atoms with E-state index in [0.717, 1.165) is 25.2 Å². The van der Waals surface area contributed by atoms with Crippen molar-refractivity contribution in [1.29, 1.82) is 0 Å². The van der Waals surface area contributed by atoms with Crippen LogP contribution in [0.1, 0.15) is 24.9 Å². The molecule has 1 saturated heterocycles. The second-order valence-electron chi connectivity index (χ2n) is 9.08. The van der Waals surface area contributed by atoms with Gasteiger partial charge >= 0.3 is 0 Å². The molecule has 2 N–H and O–H groups in total. The minimum absolute atomic E-state index is 0.252. The Morgan fingerprint density at radius 1 is 1.03 bits per heavy atom. The van der Waals surface area contributed by atoms with Crippen LogP contribution in [0.5, 0.6) is 0 Å². The van der Waals surface area contributed by atoms with Gasteiger partial charge in [-0.3, -0.25) is 0 Å². The number of fused-ring (bicyclic) bond motifs is 1. The molecule has 1 aliphatic rings. The zero-order chi connectivity index (χ0) is 23.4. The fraction of sp³-hybridized carbons (Fsp3) is 0.385. The number of nitrogens with zero attached hydrogens (tertiary/aromatic N) is 2. The Balaban J connectivity index is 1.37. The quantitative estimate of drug-likeness (QED) is 0.504. The number of hydrogen-bond donors (Lipinski definition) is 2. The zero-order valence-electron chi connectivity index (χ0n) is 19.7. The van der Waals surface area contributed by atoms with Gasteiger partial charge in [-0.25, -0.2) is 13.1 Å². The van der Waals surface area contributed by atoms with Gasteiger partial charge in [0.25, 0.3) is 0 Å². The van der Waals surface area contributed by atoms with E-state index in [4.69, 9.17) is 0 Å². The van der Waals surface area contributed by atoms with E-state index in [-0.39, 0.29) is 6.04 Å². The van der Waals surface area contributed by atoms with Crippen LogP contribution in [-0.2, 0) is 10.0 Å². The largest absolute Gasteiger partial charge is 0.370 e. The fourth-order valence-electron chi connectivity index (χ4n) is 4.53. The lowest BCUT2D eigenvalue weighted by atomic mass is 9.99. The SMILES string of the molecule is C[C@@H](N[C@H]1CCN(c2ccc(S(=O)(=O)NCCN(C)C)cc2)C1)c1cccc2ccccc12. The molecule has 1 fully saturated rings. The lowest BCUT2D eigenvalue weighted by Gasteiger charge is -2.23. The highest BCUT2D eigenvalue weighted by Gasteiger charge is 2.25. The first kappa shape index (κ1) is 23.7. The molecule has 4 rings (SSSR count). The highest BCUT2D eigenvalue weighted by Crippen LogP contribution is 2.27. The van der Waals surface area contributed by atoms with Gasteiger partial charge in [-0.2, -0.15) is 0 Å². The first-order chi connectivity index (χ1) is 15.8. The Kier molecular flexibility index (Phi) is 7.34. The van der Waals surface area contributed by atoms with Gasteiger partial charge in [-0.05, 0) is 68.0 Å². The third kappa shape index (κ3) is 5.73. The number of anilines is 1. The van der Waals surface area contributed by atoms with E-state index in [0.29, 0.717) is 24.0 Å². The standard InChI is InChI=1S/C26H34N4O2S/c1-20(25-10-6-8-21-7-4-5-9-26(21)25)28-22-15-17-30(19-22)23-11-13-24(14-12-23)33(31,32)27-16-18-29(2)3/h4-14,20,22,27-28H,15-19H2,1-3H3/t20-,22+/m1/s1. The molecule has 6 nitrogen and oxygen atoms in total. The van der Waals surface area contributed by atoms with E-state index >= 15 is 0 Å².